The number of ether oxygens (including phenoxy) is 4. The van der Waals surface area contributed by atoms with E-state index < -0.39 is 6.10 Å². The third-order valence-electron chi connectivity index (χ3n) is 6.75. The molecule has 158 valence electrons. The minimum Gasteiger partial charge on any atom is -0.443 e. The Kier molecular flexibility index (Phi) is 5.23. The monoisotopic (exact) mass is 395 g/mol. The van der Waals surface area contributed by atoms with Gasteiger partial charge in [-0.15, -0.1) is 0 Å². The maximum atomic E-state index is 12.6. The second-order valence-corrected chi connectivity index (χ2v) is 9.23. The third kappa shape index (κ3) is 3.58. The van der Waals surface area contributed by atoms with E-state index in [4.69, 9.17) is 18.9 Å². The average molecular weight is 395 g/mol. The summed E-state index contributed by atoms with van der Waals surface area (Å²) in [6, 6.07) is 0. The van der Waals surface area contributed by atoms with Crippen LogP contribution in [0.1, 0.15) is 40.0 Å². The fourth-order valence-electron chi connectivity index (χ4n) is 5.05. The molecule has 3 aliphatic heterocycles. The number of aliphatic hydroxyl groups excluding tert-OH is 1. The van der Waals surface area contributed by atoms with Gasteiger partial charge in [0.2, 0.25) is 0 Å². The maximum Gasteiger partial charge on any atom is 0.410 e. The van der Waals surface area contributed by atoms with Gasteiger partial charge in [-0.1, -0.05) is 26.0 Å². The van der Waals surface area contributed by atoms with Gasteiger partial charge >= 0.3 is 6.09 Å². The molecule has 2 unspecified atom stereocenters. The molecule has 28 heavy (non-hydrogen) atoms. The van der Waals surface area contributed by atoms with Crippen molar-refractivity contribution in [2.45, 2.75) is 75.7 Å². The first kappa shape index (κ1) is 20.1. The van der Waals surface area contributed by atoms with Crippen molar-refractivity contribution in [2.75, 3.05) is 26.8 Å². The summed E-state index contributed by atoms with van der Waals surface area (Å²) in [6.45, 7) is 7.97. The van der Waals surface area contributed by atoms with Crippen molar-refractivity contribution in [3.8, 4) is 0 Å². The van der Waals surface area contributed by atoms with Gasteiger partial charge in [0.15, 0.2) is 0 Å². The Bertz CT molecular complexity index is 632. The predicted octanol–water partition coefficient (Wildman–Crippen LogP) is 2.12. The molecule has 3 heterocycles. The Labute approximate surface area is 166 Å². The molecule has 4 rings (SSSR count). The number of β-amino-alcohol motifs (C(OH)–C–C–N with tert-alkyl or cyclic N) is 1. The highest BCUT2D eigenvalue weighted by atomic mass is 16.6. The van der Waals surface area contributed by atoms with Gasteiger partial charge in [0.1, 0.15) is 29.5 Å². The first-order valence-corrected chi connectivity index (χ1v) is 10.5. The fourth-order valence-corrected chi connectivity index (χ4v) is 5.05. The highest BCUT2D eigenvalue weighted by molar-refractivity contribution is 5.68. The summed E-state index contributed by atoms with van der Waals surface area (Å²) in [5.74, 6) is 0.469. The van der Waals surface area contributed by atoms with Crippen molar-refractivity contribution in [3.63, 3.8) is 0 Å². The zero-order chi connectivity index (χ0) is 20.1. The van der Waals surface area contributed by atoms with Gasteiger partial charge in [-0.2, -0.15) is 0 Å². The van der Waals surface area contributed by atoms with Crippen molar-refractivity contribution in [3.05, 3.63) is 12.2 Å². The van der Waals surface area contributed by atoms with E-state index in [9.17, 15) is 9.90 Å². The number of likely N-dealkylation sites (tertiary alicyclic amines) is 1. The van der Waals surface area contributed by atoms with Gasteiger partial charge in [0.25, 0.3) is 0 Å². The molecule has 0 aromatic heterocycles. The Morgan fingerprint density at radius 1 is 1.36 bits per heavy atom. The third-order valence-corrected chi connectivity index (χ3v) is 6.75. The minimum absolute atomic E-state index is 0.00234. The fraction of sp³-hybridized carbons (Fsp3) is 0.857. The van der Waals surface area contributed by atoms with Crippen LogP contribution in [0.4, 0.5) is 4.79 Å². The zero-order valence-electron chi connectivity index (χ0n) is 17.3. The average Bonchev–Trinajstić information content (AvgIpc) is 3.51. The number of aliphatic hydroxyl groups is 1. The SMILES string of the molecule is CO[C@H]1C([C@@]2(C)O[C@@H]2/C=C/C(C)C)[C@]2(CC[C@H]1OC(=O)N1CCC(O)C1)CO2. The van der Waals surface area contributed by atoms with Crippen LogP contribution in [-0.4, -0.2) is 78.5 Å². The molecule has 0 radical (unpaired) electrons. The molecule has 1 aliphatic carbocycles. The van der Waals surface area contributed by atoms with E-state index in [1.807, 2.05) is 0 Å². The molecule has 0 aromatic carbocycles. The minimum atomic E-state index is -0.458. The number of hydrogen-bond donors (Lipinski definition) is 1. The van der Waals surface area contributed by atoms with Gasteiger partial charge in [-0.05, 0) is 32.1 Å². The molecule has 4 aliphatic rings. The number of carbonyl (C=O) groups is 1. The molecule has 1 N–H and O–H groups in total. The number of rotatable bonds is 5. The number of carbonyl (C=O) groups excluding carboxylic acids is 1. The normalized spacial score (nSPS) is 45.2. The van der Waals surface area contributed by atoms with Crippen molar-refractivity contribution < 1.29 is 28.8 Å². The molecule has 1 saturated carbocycles. The lowest BCUT2D eigenvalue weighted by molar-refractivity contribution is -0.121. The smallest absolute Gasteiger partial charge is 0.410 e. The van der Waals surface area contributed by atoms with Crippen LogP contribution in [0.15, 0.2) is 12.2 Å². The highest BCUT2D eigenvalue weighted by Crippen LogP contribution is 2.59. The molecule has 0 aromatic rings. The number of epoxide rings is 2. The molecule has 7 nitrogen and oxygen atoms in total. The van der Waals surface area contributed by atoms with E-state index in [0.717, 1.165) is 6.42 Å². The summed E-state index contributed by atoms with van der Waals surface area (Å²) in [5.41, 5.74) is -0.611. The Morgan fingerprint density at radius 2 is 2.11 bits per heavy atom. The Balaban J connectivity index is 1.48. The largest absolute Gasteiger partial charge is 0.443 e. The Morgan fingerprint density at radius 3 is 2.68 bits per heavy atom. The number of nitrogens with zero attached hydrogens (tertiary/aromatic N) is 1. The van der Waals surface area contributed by atoms with E-state index in [1.165, 1.54) is 0 Å². The lowest BCUT2D eigenvalue weighted by Crippen LogP contribution is -2.56. The summed E-state index contributed by atoms with van der Waals surface area (Å²) < 4.78 is 23.8. The molecule has 7 heteroatoms. The quantitative estimate of drug-likeness (QED) is 0.567. The van der Waals surface area contributed by atoms with E-state index in [-0.39, 0.29) is 41.5 Å². The maximum absolute atomic E-state index is 12.6. The summed E-state index contributed by atoms with van der Waals surface area (Å²) >= 11 is 0. The van der Waals surface area contributed by atoms with Crippen LogP contribution in [-0.2, 0) is 18.9 Å². The molecule has 1 spiro atoms. The molecule has 1 amide bonds. The van der Waals surface area contributed by atoms with Crippen LogP contribution in [0.2, 0.25) is 0 Å². The van der Waals surface area contributed by atoms with Crippen LogP contribution >= 0.6 is 0 Å². The number of hydrogen-bond acceptors (Lipinski definition) is 6. The summed E-state index contributed by atoms with van der Waals surface area (Å²) in [6.07, 6.45) is 5.02. The zero-order valence-corrected chi connectivity index (χ0v) is 17.3. The topological polar surface area (TPSA) is 84.1 Å². The summed E-state index contributed by atoms with van der Waals surface area (Å²) in [4.78, 5) is 14.2. The Hall–Kier alpha value is -1.15. The molecule has 3 saturated heterocycles. The first-order valence-electron chi connectivity index (χ1n) is 10.5. The second kappa shape index (κ2) is 7.27. The predicted molar refractivity (Wildman–Crippen MR) is 102 cm³/mol. The lowest BCUT2D eigenvalue weighted by atomic mass is 9.68. The van der Waals surface area contributed by atoms with Gasteiger partial charge in [0.05, 0.1) is 18.6 Å². The van der Waals surface area contributed by atoms with Crippen molar-refractivity contribution >= 4 is 6.09 Å². The summed E-state index contributed by atoms with van der Waals surface area (Å²) in [7, 11) is 1.67. The van der Waals surface area contributed by atoms with Crippen molar-refractivity contribution in [1.29, 1.82) is 0 Å². The second-order valence-electron chi connectivity index (χ2n) is 9.23. The van der Waals surface area contributed by atoms with Gasteiger partial charge in [-0.3, -0.25) is 0 Å². The van der Waals surface area contributed by atoms with E-state index in [1.54, 1.807) is 12.0 Å². The molecular weight excluding hydrogens is 362 g/mol. The lowest BCUT2D eigenvalue weighted by Gasteiger charge is -2.42. The number of amides is 1. The van der Waals surface area contributed by atoms with Crippen LogP contribution in [0, 0.1) is 11.8 Å². The molecule has 4 fully saturated rings. The van der Waals surface area contributed by atoms with Crippen LogP contribution in [0.3, 0.4) is 0 Å². The highest BCUT2D eigenvalue weighted by Gasteiger charge is 2.72. The standard InChI is InChI=1S/C21H33NO6/c1-13(2)5-6-16-20(3,28-16)18-17(25-4)15(7-9-21(18)12-26-21)27-19(24)22-10-8-14(23)11-22/h5-6,13-18,23H,7-12H2,1-4H3/b6-5+/t14?,15-,16-,17-,18?,20+,21+/m1/s1. The van der Waals surface area contributed by atoms with E-state index in [0.29, 0.717) is 38.5 Å². The van der Waals surface area contributed by atoms with Crippen LogP contribution in [0.25, 0.3) is 0 Å². The van der Waals surface area contributed by atoms with Gasteiger partial charge in [-0.25, -0.2) is 4.79 Å². The first-order chi connectivity index (χ1) is 13.3. The van der Waals surface area contributed by atoms with Crippen LogP contribution < -0.4 is 0 Å². The number of allylic oxidation sites excluding steroid dienone is 1. The van der Waals surface area contributed by atoms with Crippen molar-refractivity contribution in [2.24, 2.45) is 11.8 Å². The van der Waals surface area contributed by atoms with E-state index >= 15 is 0 Å². The van der Waals surface area contributed by atoms with Gasteiger partial charge in [0, 0.05) is 20.2 Å². The summed E-state index contributed by atoms with van der Waals surface area (Å²) in [5, 5.41) is 9.69. The van der Waals surface area contributed by atoms with E-state index in [2.05, 4.69) is 32.9 Å². The molecule has 0 bridgehead atoms. The molecular formula is C21H33NO6. The number of methoxy groups -OCH3 is 1. The van der Waals surface area contributed by atoms with Crippen molar-refractivity contribution in [1.82, 2.24) is 4.90 Å². The van der Waals surface area contributed by atoms with Gasteiger partial charge < -0.3 is 29.0 Å². The molecule has 7 atom stereocenters. The van der Waals surface area contributed by atoms with Crippen LogP contribution in [0.5, 0.6) is 0 Å².